The number of hydrogen-bond donors (Lipinski definition) is 0. The van der Waals surface area contributed by atoms with Crippen LogP contribution in [0.2, 0.25) is 0 Å². The van der Waals surface area contributed by atoms with Gasteiger partial charge in [0.25, 0.3) is 0 Å². The van der Waals surface area contributed by atoms with Crippen LogP contribution in [-0.2, 0) is 13.0 Å². The van der Waals surface area contributed by atoms with Gasteiger partial charge in [-0.15, -0.1) is 0 Å². The van der Waals surface area contributed by atoms with Gasteiger partial charge in [0.15, 0.2) is 0 Å². The number of rotatable bonds is 5. The fourth-order valence-electron chi connectivity index (χ4n) is 1.82. The van der Waals surface area contributed by atoms with Gasteiger partial charge in [0.2, 0.25) is 0 Å². The largest absolute Gasteiger partial charge is 0.331 e. The summed E-state index contributed by atoms with van der Waals surface area (Å²) in [5, 5.41) is 0. The summed E-state index contributed by atoms with van der Waals surface area (Å²) in [5.41, 5.74) is 1.24. The molecule has 0 aliphatic rings. The number of aryl methyl sites for hydroxylation is 1. The van der Waals surface area contributed by atoms with E-state index >= 15 is 0 Å². The Labute approximate surface area is 103 Å². The standard InChI is InChI=1S/C15H18N2/c1-2-7-15-16-11-13-17(15)12-6-10-14-8-4-3-5-9-14/h3-6,8-11,13H,2,7,12H2,1H3. The van der Waals surface area contributed by atoms with Gasteiger partial charge in [-0.1, -0.05) is 49.4 Å². The summed E-state index contributed by atoms with van der Waals surface area (Å²) in [6.07, 6.45) is 10.4. The zero-order chi connectivity index (χ0) is 11.9. The van der Waals surface area contributed by atoms with Crippen molar-refractivity contribution >= 4 is 6.08 Å². The van der Waals surface area contributed by atoms with Crippen LogP contribution in [0.25, 0.3) is 6.08 Å². The monoisotopic (exact) mass is 226 g/mol. The Morgan fingerprint density at radius 2 is 2.06 bits per heavy atom. The van der Waals surface area contributed by atoms with Crippen LogP contribution in [0.3, 0.4) is 0 Å². The Morgan fingerprint density at radius 1 is 1.24 bits per heavy atom. The van der Waals surface area contributed by atoms with Crippen molar-refractivity contribution < 1.29 is 0 Å². The zero-order valence-corrected chi connectivity index (χ0v) is 10.2. The lowest BCUT2D eigenvalue weighted by Gasteiger charge is -2.03. The average molecular weight is 226 g/mol. The number of allylic oxidation sites excluding steroid dienone is 1. The molecule has 0 amide bonds. The van der Waals surface area contributed by atoms with Crippen molar-refractivity contribution in [1.82, 2.24) is 9.55 Å². The van der Waals surface area contributed by atoms with Crippen LogP contribution in [0, 0.1) is 0 Å². The van der Waals surface area contributed by atoms with Crippen LogP contribution in [-0.4, -0.2) is 9.55 Å². The van der Waals surface area contributed by atoms with Crippen molar-refractivity contribution in [2.75, 3.05) is 0 Å². The zero-order valence-electron chi connectivity index (χ0n) is 10.2. The van der Waals surface area contributed by atoms with Gasteiger partial charge in [-0.3, -0.25) is 0 Å². The van der Waals surface area contributed by atoms with E-state index in [1.165, 1.54) is 11.4 Å². The maximum absolute atomic E-state index is 4.36. The van der Waals surface area contributed by atoms with E-state index in [0.29, 0.717) is 0 Å². The first-order valence-corrected chi connectivity index (χ1v) is 6.11. The molecule has 17 heavy (non-hydrogen) atoms. The van der Waals surface area contributed by atoms with Gasteiger partial charge in [0.1, 0.15) is 5.82 Å². The van der Waals surface area contributed by atoms with Crippen LogP contribution in [0.4, 0.5) is 0 Å². The minimum absolute atomic E-state index is 0.893. The molecule has 0 radical (unpaired) electrons. The molecule has 0 bridgehead atoms. The third-order valence-corrected chi connectivity index (χ3v) is 2.69. The van der Waals surface area contributed by atoms with Crippen molar-refractivity contribution in [2.45, 2.75) is 26.3 Å². The topological polar surface area (TPSA) is 17.8 Å². The molecule has 0 aliphatic heterocycles. The molecule has 0 unspecified atom stereocenters. The Bertz CT molecular complexity index is 469. The average Bonchev–Trinajstić information content (AvgIpc) is 2.79. The molecule has 2 heteroatoms. The van der Waals surface area contributed by atoms with Crippen molar-refractivity contribution in [3.05, 3.63) is 60.2 Å². The van der Waals surface area contributed by atoms with Gasteiger partial charge >= 0.3 is 0 Å². The molecule has 2 aromatic rings. The van der Waals surface area contributed by atoms with Crippen LogP contribution in [0.15, 0.2) is 48.8 Å². The van der Waals surface area contributed by atoms with Gasteiger partial charge < -0.3 is 4.57 Å². The number of nitrogens with zero attached hydrogens (tertiary/aromatic N) is 2. The van der Waals surface area contributed by atoms with Crippen LogP contribution < -0.4 is 0 Å². The lowest BCUT2D eigenvalue weighted by molar-refractivity contribution is 0.718. The molecular formula is C15H18N2. The lowest BCUT2D eigenvalue weighted by atomic mass is 10.2. The Morgan fingerprint density at radius 3 is 2.82 bits per heavy atom. The number of aromatic nitrogens is 2. The molecule has 0 atom stereocenters. The van der Waals surface area contributed by atoms with Gasteiger partial charge in [-0.05, 0) is 12.0 Å². The molecule has 0 fully saturated rings. The predicted molar refractivity (Wildman–Crippen MR) is 71.7 cm³/mol. The molecular weight excluding hydrogens is 208 g/mol. The van der Waals surface area contributed by atoms with Gasteiger partial charge in [0.05, 0.1) is 0 Å². The smallest absolute Gasteiger partial charge is 0.108 e. The third-order valence-electron chi connectivity index (χ3n) is 2.69. The van der Waals surface area contributed by atoms with Crippen LogP contribution in [0.5, 0.6) is 0 Å². The second-order valence-electron chi connectivity index (χ2n) is 4.06. The first kappa shape index (κ1) is 11.6. The molecule has 1 aromatic carbocycles. The van der Waals surface area contributed by atoms with Crippen molar-refractivity contribution in [3.8, 4) is 0 Å². The van der Waals surface area contributed by atoms with Crippen LogP contribution in [0.1, 0.15) is 24.7 Å². The molecule has 0 spiro atoms. The molecule has 0 aliphatic carbocycles. The summed E-state index contributed by atoms with van der Waals surface area (Å²) < 4.78 is 2.20. The van der Waals surface area contributed by atoms with Crippen molar-refractivity contribution in [2.24, 2.45) is 0 Å². The molecule has 0 N–H and O–H groups in total. The van der Waals surface area contributed by atoms with E-state index in [4.69, 9.17) is 0 Å². The highest BCUT2D eigenvalue weighted by Crippen LogP contribution is 2.04. The quantitative estimate of drug-likeness (QED) is 0.762. The lowest BCUT2D eigenvalue weighted by Crippen LogP contribution is -2.00. The molecule has 1 aromatic heterocycles. The maximum atomic E-state index is 4.36. The molecule has 88 valence electrons. The maximum Gasteiger partial charge on any atom is 0.108 e. The highest BCUT2D eigenvalue weighted by Gasteiger charge is 1.98. The minimum atomic E-state index is 0.893. The SMILES string of the molecule is CCCc1nccn1CC=Cc1ccccc1. The van der Waals surface area contributed by atoms with E-state index < -0.39 is 0 Å². The van der Waals surface area contributed by atoms with E-state index in [1.807, 2.05) is 18.5 Å². The highest BCUT2D eigenvalue weighted by atomic mass is 15.0. The van der Waals surface area contributed by atoms with Gasteiger partial charge in [-0.25, -0.2) is 4.98 Å². The Hall–Kier alpha value is -1.83. The predicted octanol–water partition coefficient (Wildman–Crippen LogP) is 3.55. The fourth-order valence-corrected chi connectivity index (χ4v) is 1.82. The summed E-state index contributed by atoms with van der Waals surface area (Å²) in [6.45, 7) is 3.07. The van der Waals surface area contributed by atoms with E-state index in [0.717, 1.165) is 19.4 Å². The fraction of sp³-hybridized carbons (Fsp3) is 0.267. The third kappa shape index (κ3) is 3.31. The molecule has 1 heterocycles. The number of benzene rings is 1. The molecule has 0 saturated heterocycles. The number of hydrogen-bond acceptors (Lipinski definition) is 1. The summed E-state index contributed by atoms with van der Waals surface area (Å²) in [5.74, 6) is 1.17. The Balaban J connectivity index is 1.98. The van der Waals surface area contributed by atoms with E-state index in [2.05, 4.69) is 52.9 Å². The van der Waals surface area contributed by atoms with E-state index in [9.17, 15) is 0 Å². The first-order chi connectivity index (χ1) is 8.40. The first-order valence-electron chi connectivity index (χ1n) is 6.11. The van der Waals surface area contributed by atoms with Crippen molar-refractivity contribution in [3.63, 3.8) is 0 Å². The second-order valence-corrected chi connectivity index (χ2v) is 4.06. The second kappa shape index (κ2) is 6.04. The Kier molecular flexibility index (Phi) is 4.14. The van der Waals surface area contributed by atoms with Gasteiger partial charge in [-0.2, -0.15) is 0 Å². The van der Waals surface area contributed by atoms with E-state index in [1.54, 1.807) is 0 Å². The minimum Gasteiger partial charge on any atom is -0.331 e. The molecule has 2 nitrogen and oxygen atoms in total. The summed E-state index contributed by atoms with van der Waals surface area (Å²) >= 11 is 0. The number of imidazole rings is 1. The molecule has 0 saturated carbocycles. The highest BCUT2D eigenvalue weighted by molar-refractivity contribution is 5.48. The molecule has 2 rings (SSSR count). The van der Waals surface area contributed by atoms with E-state index in [-0.39, 0.29) is 0 Å². The summed E-state index contributed by atoms with van der Waals surface area (Å²) in [6, 6.07) is 10.4. The van der Waals surface area contributed by atoms with Crippen LogP contribution >= 0.6 is 0 Å². The summed E-state index contributed by atoms with van der Waals surface area (Å²) in [7, 11) is 0. The summed E-state index contributed by atoms with van der Waals surface area (Å²) in [4.78, 5) is 4.36. The normalized spacial score (nSPS) is 11.1. The van der Waals surface area contributed by atoms with Gasteiger partial charge in [0, 0.05) is 25.4 Å². The van der Waals surface area contributed by atoms with Crippen molar-refractivity contribution in [1.29, 1.82) is 0 Å².